The normalized spacial score (nSPS) is 15.7. The molecule has 1 rings (SSSR count). The fourth-order valence-electron chi connectivity index (χ4n) is 9.03. The van der Waals surface area contributed by atoms with Crippen molar-refractivity contribution in [1.29, 1.82) is 27.0 Å². The first kappa shape index (κ1) is 81.4. The van der Waals surface area contributed by atoms with Gasteiger partial charge in [-0.05, 0) is 89.9 Å². The molecule has 35 N–H and O–H groups in total. The molecule has 1 heterocycles. The second-order valence-electron chi connectivity index (χ2n) is 22.0. The molecule has 0 aromatic carbocycles. The minimum atomic E-state index is -1.85. The molecule has 0 unspecified atom stereocenters. The molecule has 0 saturated carbocycles. The molecular weight excluding hydrogens is 1230 g/mol. The van der Waals surface area contributed by atoms with Crippen molar-refractivity contribution in [1.82, 2.24) is 79.3 Å². The summed E-state index contributed by atoms with van der Waals surface area (Å²) in [7, 11) is 0. The highest BCUT2D eigenvalue weighted by Gasteiger charge is 2.39. The third-order valence-electron chi connectivity index (χ3n) is 14.1. The van der Waals surface area contributed by atoms with Crippen LogP contribution < -0.4 is 109 Å². The zero-order valence-electron chi connectivity index (χ0n) is 52.5. The molecule has 0 spiro atoms. The molecule has 93 heavy (non-hydrogen) atoms. The number of nitrogens with two attached hydrogens (primary N) is 6. The van der Waals surface area contributed by atoms with Crippen molar-refractivity contribution in [2.24, 2.45) is 40.3 Å². The van der Waals surface area contributed by atoms with E-state index in [2.05, 4.69) is 74.4 Å². The summed E-state index contributed by atoms with van der Waals surface area (Å²) < 4.78 is 0. The summed E-state index contributed by atoms with van der Waals surface area (Å²) >= 11 is 0. The number of rotatable bonds is 44. The number of aliphatic hydroxyl groups excluding tert-OH is 3. The van der Waals surface area contributed by atoms with Gasteiger partial charge in [0.2, 0.25) is 59.1 Å². The van der Waals surface area contributed by atoms with Crippen molar-refractivity contribution in [3.63, 3.8) is 0 Å². The average Bonchev–Trinajstić information content (AvgIpc) is 1.84. The molecule has 41 nitrogen and oxygen atoms in total. The molecule has 0 aliphatic carbocycles. The van der Waals surface area contributed by atoms with Gasteiger partial charge >= 0.3 is 5.97 Å². The van der Waals surface area contributed by atoms with E-state index in [0.717, 1.165) is 0 Å². The molecule has 0 radical (unpaired) electrons. The van der Waals surface area contributed by atoms with Gasteiger partial charge in [-0.3, -0.25) is 75.0 Å². The lowest BCUT2D eigenvalue weighted by atomic mass is 10.0. The van der Waals surface area contributed by atoms with Crippen molar-refractivity contribution >= 4 is 94.8 Å². The van der Waals surface area contributed by atoms with Crippen LogP contribution in [0.3, 0.4) is 0 Å². The molecule has 10 amide bonds. The highest BCUT2D eigenvalue weighted by Crippen LogP contribution is 2.20. The van der Waals surface area contributed by atoms with Crippen LogP contribution in [0.5, 0.6) is 0 Å². The summed E-state index contributed by atoms with van der Waals surface area (Å²) in [6.07, 6.45) is 0.669. The van der Waals surface area contributed by atoms with Gasteiger partial charge in [-0.2, -0.15) is 0 Å². The van der Waals surface area contributed by atoms with Crippen LogP contribution in [0.15, 0.2) is 0 Å². The molecule has 41 heteroatoms. The molecule has 0 bridgehead atoms. The predicted octanol–water partition coefficient (Wildman–Crippen LogP) is -11.3. The van der Waals surface area contributed by atoms with E-state index in [1.54, 1.807) is 0 Å². The number of likely N-dealkylation sites (tertiary alicyclic amines) is 1. The number of aliphatic carboxylic acids is 1. The van der Waals surface area contributed by atoms with Crippen LogP contribution in [0.1, 0.15) is 97.8 Å². The predicted molar refractivity (Wildman–Crippen MR) is 335 cm³/mol. The largest absolute Gasteiger partial charge is 0.480 e. The maximum absolute atomic E-state index is 14.2. The Morgan fingerprint density at radius 1 is 0.430 bits per heavy atom. The first-order valence-corrected chi connectivity index (χ1v) is 30.0. The Morgan fingerprint density at radius 3 is 1.08 bits per heavy atom. The summed E-state index contributed by atoms with van der Waals surface area (Å²) in [5, 5.41) is 112. The van der Waals surface area contributed by atoms with Crippen molar-refractivity contribution in [2.75, 3.05) is 59.1 Å². The van der Waals surface area contributed by atoms with E-state index in [1.165, 1.54) is 25.7 Å². The second-order valence-corrected chi connectivity index (χ2v) is 22.0. The molecule has 0 aromatic heterocycles. The maximum Gasteiger partial charge on any atom is 0.326 e. The zero-order valence-corrected chi connectivity index (χ0v) is 52.5. The fraction of sp³-hybridized carbons (Fsp3) is 0.692. The minimum Gasteiger partial charge on any atom is -0.480 e. The summed E-state index contributed by atoms with van der Waals surface area (Å²) in [5.74, 6) is -13.9. The number of hydrogen-bond acceptors (Lipinski definition) is 20. The van der Waals surface area contributed by atoms with Gasteiger partial charge in [0.05, 0.1) is 25.9 Å². The number of aliphatic hydroxyl groups is 3. The van der Waals surface area contributed by atoms with Crippen LogP contribution in [0.2, 0.25) is 0 Å². The Morgan fingerprint density at radius 2 is 0.731 bits per heavy atom. The number of carboxylic acids is 1. The van der Waals surface area contributed by atoms with Crippen LogP contribution in [-0.4, -0.2) is 246 Å². The van der Waals surface area contributed by atoms with Crippen molar-refractivity contribution in [3.8, 4) is 0 Å². The third kappa shape index (κ3) is 31.8. The number of nitrogens with zero attached hydrogens (tertiary/aromatic N) is 1. The molecular formula is C52H98N26O15. The number of nitrogens with one attached hydrogen (secondary N) is 19. The van der Waals surface area contributed by atoms with E-state index in [-0.39, 0.29) is 109 Å². The third-order valence-corrected chi connectivity index (χ3v) is 14.1. The summed E-state index contributed by atoms with van der Waals surface area (Å²) in [5.41, 5.74) is 32.9. The lowest BCUT2D eigenvalue weighted by Crippen LogP contribution is -2.62. The Hall–Kier alpha value is -9.64. The van der Waals surface area contributed by atoms with Crippen LogP contribution >= 0.6 is 0 Å². The van der Waals surface area contributed by atoms with Gasteiger partial charge in [0.25, 0.3) is 0 Å². The van der Waals surface area contributed by atoms with Crippen molar-refractivity contribution in [3.05, 3.63) is 0 Å². The summed E-state index contributed by atoms with van der Waals surface area (Å²) in [6, 6.07) is -16.4. The number of amides is 10. The lowest BCUT2D eigenvalue weighted by molar-refractivity contribution is -0.143. The van der Waals surface area contributed by atoms with Gasteiger partial charge in [0.15, 0.2) is 29.8 Å². The van der Waals surface area contributed by atoms with Gasteiger partial charge in [-0.15, -0.1) is 0 Å². The van der Waals surface area contributed by atoms with Gasteiger partial charge in [0.1, 0.15) is 60.4 Å². The second kappa shape index (κ2) is 43.2. The van der Waals surface area contributed by atoms with E-state index in [0.29, 0.717) is 19.4 Å². The van der Waals surface area contributed by atoms with E-state index in [9.17, 15) is 73.2 Å². The number of guanidine groups is 5. The Bertz CT molecular complexity index is 2580. The minimum absolute atomic E-state index is 0.00498. The standard InChI is InChI=1S/C52H98N26O15/c1-25(2)36(77-40(85)30(13-7-19-67-51(60)61)72-41(86)32(22-79)74-37(82)26(3)69-44(89)35-15-9-21-78(35)46(91)27(53)10-4-16-64-48(54)55)45(90)76-34(24-81)42(87)71-28(11-5-17-65-49(56)57)38(83)70-29(12-6-18-66-50(58)59)39(84)75-33(23-80)43(88)73-31(47(92)93)14-8-20-68-52(62)63/h25-36,79-81H,4-24,53H2,1-3H3,(H,69,89)(H,70,83)(H,71,87)(H,72,86)(H,73,88)(H,74,82)(H,75,84)(H,76,90)(H,77,85)(H,92,93)(H4,54,55,64)(H4,56,57,65)(H4,58,59,66)(H4,60,61,67)(H4,62,63,68)/t26-,27-,28-,29-,30-,31-,32-,33-,34-,35-,36-/m0/s1. The summed E-state index contributed by atoms with van der Waals surface area (Å²) in [6.45, 7) is 1.65. The van der Waals surface area contributed by atoms with Crippen LogP contribution in [0.25, 0.3) is 0 Å². The van der Waals surface area contributed by atoms with E-state index >= 15 is 0 Å². The van der Waals surface area contributed by atoms with Crippen LogP contribution in [0, 0.1) is 33.0 Å². The monoisotopic (exact) mass is 1330 g/mol. The Balaban J connectivity index is 3.39. The van der Waals surface area contributed by atoms with E-state index in [1.807, 2.05) is 0 Å². The fourth-order valence-corrected chi connectivity index (χ4v) is 9.03. The number of carbonyl (C=O) groups is 11. The SMILES string of the molecule is CC(C)[C@H](NC(=O)[C@H](CCCNC(=N)N)NC(=O)[C@H](CO)NC(=O)[C@H](C)NC(=O)[C@@H]1CCCN1C(=O)[C@@H](N)CCCNC(=N)N)C(=O)N[C@@H](CO)C(=O)N[C@@H](CCCNC(=N)N)C(=O)N[C@@H](CCCNC(=N)N)C(=O)N[C@@H](CO)C(=O)N[C@@H](CCCNC(=N)N)C(=O)O. The maximum atomic E-state index is 14.2. The van der Waals surface area contributed by atoms with E-state index in [4.69, 9.17) is 61.4 Å². The van der Waals surface area contributed by atoms with Gasteiger partial charge in [-0.1, -0.05) is 13.8 Å². The Kier molecular flexibility index (Phi) is 37.8. The quantitative estimate of drug-likeness (QED) is 0.0153. The zero-order chi connectivity index (χ0) is 70.5. The number of carbonyl (C=O) groups excluding carboxylic acids is 10. The molecule has 11 atom stereocenters. The van der Waals surface area contributed by atoms with Gasteiger partial charge in [-0.25, -0.2) is 4.79 Å². The first-order valence-electron chi connectivity index (χ1n) is 30.0. The highest BCUT2D eigenvalue weighted by atomic mass is 16.4. The molecule has 1 saturated heterocycles. The van der Waals surface area contributed by atoms with Crippen LogP contribution in [0.4, 0.5) is 0 Å². The van der Waals surface area contributed by atoms with Gasteiger partial charge < -0.3 is 134 Å². The highest BCUT2D eigenvalue weighted by molar-refractivity contribution is 5.99. The first-order chi connectivity index (χ1) is 43.8. The molecule has 526 valence electrons. The molecule has 1 aliphatic heterocycles. The topological polar surface area (TPSA) is 716 Å². The molecule has 1 aliphatic rings. The van der Waals surface area contributed by atoms with Gasteiger partial charge in [0, 0.05) is 39.3 Å². The van der Waals surface area contributed by atoms with Crippen molar-refractivity contribution in [2.45, 2.75) is 164 Å². The number of carboxylic acid groups (broad SMARTS) is 1. The lowest BCUT2D eigenvalue weighted by Gasteiger charge is -2.29. The average molecular weight is 1330 g/mol. The molecule has 1 fully saturated rings. The smallest absolute Gasteiger partial charge is 0.326 e. The van der Waals surface area contributed by atoms with E-state index < -0.39 is 175 Å². The van der Waals surface area contributed by atoms with Crippen LogP contribution in [-0.2, 0) is 52.7 Å². The molecule has 0 aromatic rings. The number of hydrogen-bond donors (Lipinski definition) is 29. The summed E-state index contributed by atoms with van der Waals surface area (Å²) in [4.78, 5) is 151. The van der Waals surface area contributed by atoms with Crippen molar-refractivity contribution < 1.29 is 73.2 Å². The Labute approximate surface area is 536 Å².